The summed E-state index contributed by atoms with van der Waals surface area (Å²) in [5.41, 5.74) is -0.852. The molecule has 0 aliphatic rings. The van der Waals surface area contributed by atoms with Gasteiger partial charge in [-0.05, 0) is 26.0 Å². The van der Waals surface area contributed by atoms with Gasteiger partial charge in [-0.25, -0.2) is 9.98 Å². The topological polar surface area (TPSA) is 49.3 Å². The van der Waals surface area contributed by atoms with Crippen molar-refractivity contribution in [1.29, 1.82) is 0 Å². The van der Waals surface area contributed by atoms with Crippen molar-refractivity contribution in [2.45, 2.75) is 33.1 Å². The van der Waals surface area contributed by atoms with E-state index in [1.54, 1.807) is 11.3 Å². The largest absolute Gasteiger partial charge is 0.434 e. The van der Waals surface area contributed by atoms with Crippen LogP contribution in [-0.2, 0) is 19.3 Å². The average molecular weight is 490 g/mol. The molecule has 0 amide bonds. The van der Waals surface area contributed by atoms with E-state index in [2.05, 4.69) is 20.6 Å². The fourth-order valence-electron chi connectivity index (χ4n) is 1.75. The first-order valence-corrected chi connectivity index (χ1v) is 8.67. The fourth-order valence-corrected chi connectivity index (χ4v) is 3.31. The first-order valence-electron chi connectivity index (χ1n) is 6.97. The van der Waals surface area contributed by atoms with Crippen LogP contribution in [0.4, 0.5) is 13.2 Å². The lowest BCUT2D eigenvalue weighted by atomic mass is 10.4. The fraction of sp³-hybridized carbons (Fsp3) is 0.429. The van der Waals surface area contributed by atoms with Crippen molar-refractivity contribution in [2.24, 2.45) is 4.99 Å². The van der Waals surface area contributed by atoms with E-state index in [0.29, 0.717) is 24.1 Å². The van der Waals surface area contributed by atoms with Crippen LogP contribution in [0.15, 0.2) is 22.5 Å². The van der Waals surface area contributed by atoms with E-state index in [1.807, 2.05) is 26.0 Å². The van der Waals surface area contributed by atoms with Gasteiger partial charge in [-0.2, -0.15) is 13.2 Å². The SMILES string of the molecule is CCNC(=NCc1ccc(C)s1)NCc1nc(C(F)(F)F)cs1.I. The minimum atomic E-state index is -4.40. The summed E-state index contributed by atoms with van der Waals surface area (Å²) >= 11 is 2.65. The second kappa shape index (κ2) is 9.56. The third-order valence-corrected chi connectivity index (χ3v) is 4.62. The van der Waals surface area contributed by atoms with Gasteiger partial charge in [-0.1, -0.05) is 0 Å². The molecule has 0 bridgehead atoms. The number of aromatic nitrogens is 1. The van der Waals surface area contributed by atoms with E-state index in [1.165, 1.54) is 4.88 Å². The molecule has 0 saturated heterocycles. The molecule has 2 rings (SSSR count). The number of thiophene rings is 1. The van der Waals surface area contributed by atoms with Crippen molar-refractivity contribution >= 4 is 52.6 Å². The van der Waals surface area contributed by atoms with Crippen LogP contribution in [0, 0.1) is 6.92 Å². The number of guanidine groups is 1. The molecule has 0 aliphatic carbocycles. The highest BCUT2D eigenvalue weighted by Crippen LogP contribution is 2.29. The maximum atomic E-state index is 12.5. The van der Waals surface area contributed by atoms with Crippen LogP contribution in [0.25, 0.3) is 0 Å². The van der Waals surface area contributed by atoms with E-state index >= 15 is 0 Å². The first kappa shape index (κ1) is 21.2. The van der Waals surface area contributed by atoms with Gasteiger partial charge < -0.3 is 10.6 Å². The lowest BCUT2D eigenvalue weighted by molar-refractivity contribution is -0.140. The number of thiazole rings is 1. The van der Waals surface area contributed by atoms with E-state index < -0.39 is 11.9 Å². The molecule has 0 spiro atoms. The molecule has 0 unspecified atom stereocenters. The van der Waals surface area contributed by atoms with E-state index in [4.69, 9.17) is 0 Å². The van der Waals surface area contributed by atoms with Gasteiger partial charge in [0.1, 0.15) is 5.01 Å². The molecular weight excluding hydrogens is 472 g/mol. The molecule has 0 fully saturated rings. The summed E-state index contributed by atoms with van der Waals surface area (Å²) in [5.74, 6) is 0.558. The second-order valence-electron chi connectivity index (χ2n) is 4.69. The molecule has 134 valence electrons. The molecular formula is C14H18F3IN4S2. The summed E-state index contributed by atoms with van der Waals surface area (Å²) in [6.07, 6.45) is -4.40. The highest BCUT2D eigenvalue weighted by atomic mass is 127. The van der Waals surface area contributed by atoms with Crippen LogP contribution in [0.1, 0.15) is 27.4 Å². The standard InChI is InChI=1S/C14H17F3N4S2.HI/c1-3-18-13(19-6-10-5-4-9(2)23-10)20-7-12-21-11(8-22-12)14(15,16)17;/h4-5,8H,3,6-7H2,1-2H3,(H2,18,19,20);1H. The molecule has 10 heteroatoms. The molecule has 4 nitrogen and oxygen atoms in total. The molecule has 0 saturated carbocycles. The molecule has 2 heterocycles. The van der Waals surface area contributed by atoms with Crippen LogP contribution in [0.3, 0.4) is 0 Å². The quantitative estimate of drug-likeness (QED) is 0.371. The highest BCUT2D eigenvalue weighted by Gasteiger charge is 2.33. The van der Waals surface area contributed by atoms with Gasteiger partial charge in [0.15, 0.2) is 11.7 Å². The molecule has 2 N–H and O–H groups in total. The van der Waals surface area contributed by atoms with Crippen molar-refractivity contribution in [1.82, 2.24) is 15.6 Å². The van der Waals surface area contributed by atoms with Crippen molar-refractivity contribution in [3.63, 3.8) is 0 Å². The third kappa shape index (κ3) is 6.55. The number of nitrogens with zero attached hydrogens (tertiary/aromatic N) is 2. The Balaban J connectivity index is 0.00000288. The third-order valence-electron chi connectivity index (χ3n) is 2.78. The maximum absolute atomic E-state index is 12.5. The number of rotatable bonds is 5. The molecule has 24 heavy (non-hydrogen) atoms. The Morgan fingerprint density at radius 3 is 2.58 bits per heavy atom. The van der Waals surface area contributed by atoms with Crippen LogP contribution in [-0.4, -0.2) is 17.5 Å². The van der Waals surface area contributed by atoms with Crippen molar-refractivity contribution < 1.29 is 13.2 Å². The van der Waals surface area contributed by atoms with Crippen LogP contribution >= 0.6 is 46.7 Å². The Kier molecular flexibility index (Phi) is 8.43. The minimum Gasteiger partial charge on any atom is -0.357 e. The van der Waals surface area contributed by atoms with Gasteiger partial charge in [0, 0.05) is 21.7 Å². The Labute approximate surface area is 163 Å². The summed E-state index contributed by atoms with van der Waals surface area (Å²) in [5, 5.41) is 7.46. The Hall–Kier alpha value is -0.880. The summed E-state index contributed by atoms with van der Waals surface area (Å²) in [6.45, 7) is 5.36. The van der Waals surface area contributed by atoms with Crippen molar-refractivity contribution in [3.8, 4) is 0 Å². The zero-order valence-electron chi connectivity index (χ0n) is 13.1. The molecule has 2 aromatic heterocycles. The van der Waals surface area contributed by atoms with E-state index in [0.717, 1.165) is 21.6 Å². The van der Waals surface area contributed by atoms with Gasteiger partial charge in [0.25, 0.3) is 0 Å². The smallest absolute Gasteiger partial charge is 0.357 e. The lowest BCUT2D eigenvalue weighted by Gasteiger charge is -2.09. The molecule has 0 aliphatic heterocycles. The normalized spacial score (nSPS) is 12.0. The number of hydrogen-bond acceptors (Lipinski definition) is 4. The summed E-state index contributed by atoms with van der Waals surface area (Å²) in [7, 11) is 0. The minimum absolute atomic E-state index is 0. The highest BCUT2D eigenvalue weighted by molar-refractivity contribution is 14.0. The van der Waals surface area contributed by atoms with Crippen LogP contribution < -0.4 is 10.6 Å². The molecule has 0 radical (unpaired) electrons. The zero-order valence-corrected chi connectivity index (χ0v) is 17.1. The first-order chi connectivity index (χ1) is 10.9. The zero-order chi connectivity index (χ0) is 16.9. The number of alkyl halides is 3. The van der Waals surface area contributed by atoms with Crippen molar-refractivity contribution in [3.05, 3.63) is 38.0 Å². The van der Waals surface area contributed by atoms with Crippen LogP contribution in [0.5, 0.6) is 0 Å². The van der Waals surface area contributed by atoms with Crippen LogP contribution in [0.2, 0.25) is 0 Å². The van der Waals surface area contributed by atoms with E-state index in [-0.39, 0.29) is 30.5 Å². The van der Waals surface area contributed by atoms with Gasteiger partial charge in [-0.15, -0.1) is 46.7 Å². The number of nitrogens with one attached hydrogen (secondary N) is 2. The van der Waals surface area contributed by atoms with Gasteiger partial charge in [-0.3, -0.25) is 0 Å². The Morgan fingerprint density at radius 1 is 1.29 bits per heavy atom. The average Bonchev–Trinajstić information content (AvgIpc) is 3.10. The van der Waals surface area contributed by atoms with Crippen molar-refractivity contribution in [2.75, 3.05) is 6.54 Å². The summed E-state index contributed by atoms with van der Waals surface area (Å²) < 4.78 is 37.6. The van der Waals surface area contributed by atoms with Gasteiger partial charge >= 0.3 is 6.18 Å². The number of hydrogen-bond donors (Lipinski definition) is 2. The van der Waals surface area contributed by atoms with Gasteiger partial charge in [0.2, 0.25) is 0 Å². The molecule has 0 atom stereocenters. The summed E-state index contributed by atoms with van der Waals surface area (Å²) in [4.78, 5) is 10.4. The molecule has 0 aromatic carbocycles. The predicted molar refractivity (Wildman–Crippen MR) is 103 cm³/mol. The maximum Gasteiger partial charge on any atom is 0.434 e. The number of aliphatic imine (C=N–C) groups is 1. The summed E-state index contributed by atoms with van der Waals surface area (Å²) in [6, 6.07) is 4.05. The van der Waals surface area contributed by atoms with E-state index in [9.17, 15) is 13.2 Å². The predicted octanol–water partition coefficient (Wildman–Crippen LogP) is 4.41. The monoisotopic (exact) mass is 490 g/mol. The Bertz CT molecular complexity index is 667. The second-order valence-corrected chi connectivity index (χ2v) is 7.00. The van der Waals surface area contributed by atoms with Gasteiger partial charge in [0.05, 0.1) is 13.1 Å². The Morgan fingerprint density at radius 2 is 2.04 bits per heavy atom. The lowest BCUT2D eigenvalue weighted by Crippen LogP contribution is -2.36. The molecule has 2 aromatic rings. The number of aryl methyl sites for hydroxylation is 1. The number of halogens is 4.